The van der Waals surface area contributed by atoms with Crippen LogP contribution in [-0.2, 0) is 0 Å². The lowest BCUT2D eigenvalue weighted by atomic mass is 10.1. The van der Waals surface area contributed by atoms with Crippen LogP contribution in [0.5, 0.6) is 0 Å². The van der Waals surface area contributed by atoms with Gasteiger partial charge in [-0.3, -0.25) is 4.98 Å². The van der Waals surface area contributed by atoms with Gasteiger partial charge in [-0.25, -0.2) is 0 Å². The van der Waals surface area contributed by atoms with E-state index in [0.717, 1.165) is 17.0 Å². The maximum absolute atomic E-state index is 4.50. The number of aromatic nitrogens is 1. The minimum Gasteiger partial charge on any atom is -0.253 e. The van der Waals surface area contributed by atoms with Gasteiger partial charge in [0.25, 0.3) is 0 Å². The van der Waals surface area contributed by atoms with Gasteiger partial charge in [0.05, 0.1) is 5.69 Å². The molecule has 1 heterocycles. The zero-order valence-electron chi connectivity index (χ0n) is 8.54. The lowest BCUT2D eigenvalue weighted by Gasteiger charge is -2.06. The lowest BCUT2D eigenvalue weighted by Crippen LogP contribution is -1.90. The lowest BCUT2D eigenvalue weighted by molar-refractivity contribution is 1.19. The van der Waals surface area contributed by atoms with Gasteiger partial charge in [-0.05, 0) is 30.9 Å². The Kier molecular flexibility index (Phi) is 2.08. The third-order valence-corrected chi connectivity index (χ3v) is 2.27. The molecule has 1 aromatic heterocycles. The number of hydrogen-bond acceptors (Lipinski definition) is 1. The summed E-state index contributed by atoms with van der Waals surface area (Å²) < 4.78 is 0. The zero-order chi connectivity index (χ0) is 10.1. The standard InChI is InChI=1S/C13H13N/c1-9(2)13-12-7-5-4-6-11(12)8-10(3)14-13/h4-8H,1H2,2-3H3. The Labute approximate surface area is 84.1 Å². The molecular weight excluding hydrogens is 170 g/mol. The number of nitrogens with zero attached hydrogens (tertiary/aromatic N) is 1. The first kappa shape index (κ1) is 8.95. The molecule has 0 bridgehead atoms. The summed E-state index contributed by atoms with van der Waals surface area (Å²) in [5.74, 6) is 0. The van der Waals surface area contributed by atoms with Crippen molar-refractivity contribution >= 4 is 16.3 Å². The molecule has 0 atom stereocenters. The van der Waals surface area contributed by atoms with Gasteiger partial charge in [0.15, 0.2) is 0 Å². The predicted octanol–water partition coefficient (Wildman–Crippen LogP) is 3.58. The Balaban J connectivity index is 2.87. The van der Waals surface area contributed by atoms with Crippen LogP contribution in [0.25, 0.3) is 16.3 Å². The average molecular weight is 183 g/mol. The Morgan fingerprint density at radius 3 is 2.71 bits per heavy atom. The van der Waals surface area contributed by atoms with Gasteiger partial charge < -0.3 is 0 Å². The molecule has 0 saturated carbocycles. The molecule has 0 N–H and O–H groups in total. The molecule has 0 unspecified atom stereocenters. The molecule has 0 fully saturated rings. The van der Waals surface area contributed by atoms with E-state index < -0.39 is 0 Å². The minimum absolute atomic E-state index is 1.01. The van der Waals surface area contributed by atoms with E-state index in [1.807, 2.05) is 26.0 Å². The van der Waals surface area contributed by atoms with Gasteiger partial charge >= 0.3 is 0 Å². The highest BCUT2D eigenvalue weighted by molar-refractivity contribution is 5.91. The SMILES string of the molecule is C=C(C)c1nc(C)cc2ccccc12. The molecule has 0 aliphatic heterocycles. The Hall–Kier alpha value is -1.63. The van der Waals surface area contributed by atoms with Crippen molar-refractivity contribution in [2.75, 3.05) is 0 Å². The van der Waals surface area contributed by atoms with Crippen LogP contribution >= 0.6 is 0 Å². The number of allylic oxidation sites excluding steroid dienone is 1. The van der Waals surface area contributed by atoms with E-state index in [4.69, 9.17) is 0 Å². The van der Waals surface area contributed by atoms with Crippen LogP contribution in [0.4, 0.5) is 0 Å². The van der Waals surface area contributed by atoms with E-state index in [2.05, 4.69) is 29.8 Å². The summed E-state index contributed by atoms with van der Waals surface area (Å²) in [5, 5.41) is 2.42. The van der Waals surface area contributed by atoms with Gasteiger partial charge in [-0.2, -0.15) is 0 Å². The zero-order valence-corrected chi connectivity index (χ0v) is 8.54. The second-order valence-corrected chi connectivity index (χ2v) is 3.61. The van der Waals surface area contributed by atoms with Crippen molar-refractivity contribution in [3.05, 3.63) is 48.3 Å². The maximum Gasteiger partial charge on any atom is 0.0734 e. The third kappa shape index (κ3) is 1.41. The Morgan fingerprint density at radius 1 is 1.29 bits per heavy atom. The van der Waals surface area contributed by atoms with Gasteiger partial charge in [-0.1, -0.05) is 30.8 Å². The first-order valence-corrected chi connectivity index (χ1v) is 4.71. The predicted molar refractivity (Wildman–Crippen MR) is 61.2 cm³/mol. The smallest absolute Gasteiger partial charge is 0.0734 e. The highest BCUT2D eigenvalue weighted by atomic mass is 14.7. The van der Waals surface area contributed by atoms with Crippen molar-refractivity contribution in [2.45, 2.75) is 13.8 Å². The normalized spacial score (nSPS) is 10.4. The van der Waals surface area contributed by atoms with Gasteiger partial charge in [0.1, 0.15) is 0 Å². The van der Waals surface area contributed by atoms with Crippen LogP contribution in [0.3, 0.4) is 0 Å². The fraction of sp³-hybridized carbons (Fsp3) is 0.154. The topological polar surface area (TPSA) is 12.9 Å². The highest BCUT2D eigenvalue weighted by Gasteiger charge is 2.03. The summed E-state index contributed by atoms with van der Waals surface area (Å²) in [5.41, 5.74) is 3.08. The number of hydrogen-bond donors (Lipinski definition) is 0. The van der Waals surface area contributed by atoms with E-state index in [1.165, 1.54) is 10.8 Å². The van der Waals surface area contributed by atoms with Crippen LogP contribution in [0.15, 0.2) is 36.9 Å². The Morgan fingerprint density at radius 2 is 2.00 bits per heavy atom. The largest absolute Gasteiger partial charge is 0.253 e. The molecule has 0 aliphatic rings. The van der Waals surface area contributed by atoms with Crippen LogP contribution in [-0.4, -0.2) is 4.98 Å². The highest BCUT2D eigenvalue weighted by Crippen LogP contribution is 2.22. The fourth-order valence-corrected chi connectivity index (χ4v) is 1.66. The van der Waals surface area contributed by atoms with Crippen LogP contribution in [0.1, 0.15) is 18.3 Å². The molecule has 2 rings (SSSR count). The number of benzene rings is 1. The quantitative estimate of drug-likeness (QED) is 0.658. The number of rotatable bonds is 1. The summed E-state index contributed by atoms with van der Waals surface area (Å²) in [6.45, 7) is 7.96. The van der Waals surface area contributed by atoms with Crippen molar-refractivity contribution in [2.24, 2.45) is 0 Å². The van der Waals surface area contributed by atoms with E-state index in [1.54, 1.807) is 0 Å². The molecule has 0 radical (unpaired) electrons. The summed E-state index contributed by atoms with van der Waals surface area (Å²) in [4.78, 5) is 4.50. The summed E-state index contributed by atoms with van der Waals surface area (Å²) >= 11 is 0. The van der Waals surface area contributed by atoms with Crippen molar-refractivity contribution in [3.8, 4) is 0 Å². The molecule has 0 aliphatic carbocycles. The molecular formula is C13H13N. The Bertz CT molecular complexity index is 498. The van der Waals surface area contributed by atoms with Gasteiger partial charge in [0.2, 0.25) is 0 Å². The number of aryl methyl sites for hydroxylation is 1. The summed E-state index contributed by atoms with van der Waals surface area (Å²) in [7, 11) is 0. The third-order valence-electron chi connectivity index (χ3n) is 2.27. The van der Waals surface area contributed by atoms with Crippen molar-refractivity contribution in [1.82, 2.24) is 4.98 Å². The minimum atomic E-state index is 1.01. The molecule has 2 aromatic rings. The summed E-state index contributed by atoms with van der Waals surface area (Å²) in [6.07, 6.45) is 0. The van der Waals surface area contributed by atoms with E-state index in [-0.39, 0.29) is 0 Å². The van der Waals surface area contributed by atoms with Crippen LogP contribution in [0, 0.1) is 6.92 Å². The molecule has 1 heteroatoms. The van der Waals surface area contributed by atoms with Crippen molar-refractivity contribution < 1.29 is 0 Å². The molecule has 0 amide bonds. The number of pyridine rings is 1. The van der Waals surface area contributed by atoms with Gasteiger partial charge in [-0.15, -0.1) is 0 Å². The van der Waals surface area contributed by atoms with E-state index in [0.29, 0.717) is 0 Å². The first-order valence-electron chi connectivity index (χ1n) is 4.71. The molecule has 1 aromatic carbocycles. The molecule has 0 spiro atoms. The fourth-order valence-electron chi connectivity index (χ4n) is 1.66. The van der Waals surface area contributed by atoms with Gasteiger partial charge in [0, 0.05) is 11.1 Å². The molecule has 0 saturated heterocycles. The molecule has 1 nitrogen and oxygen atoms in total. The first-order chi connectivity index (χ1) is 6.68. The monoisotopic (exact) mass is 183 g/mol. The summed E-state index contributed by atoms with van der Waals surface area (Å²) in [6, 6.07) is 10.4. The van der Waals surface area contributed by atoms with Crippen LogP contribution in [0.2, 0.25) is 0 Å². The van der Waals surface area contributed by atoms with Crippen LogP contribution < -0.4 is 0 Å². The maximum atomic E-state index is 4.50. The molecule has 70 valence electrons. The van der Waals surface area contributed by atoms with E-state index >= 15 is 0 Å². The van der Waals surface area contributed by atoms with Crippen molar-refractivity contribution in [3.63, 3.8) is 0 Å². The average Bonchev–Trinajstić information content (AvgIpc) is 2.16. The van der Waals surface area contributed by atoms with Crippen molar-refractivity contribution in [1.29, 1.82) is 0 Å². The second-order valence-electron chi connectivity index (χ2n) is 3.61. The van der Waals surface area contributed by atoms with E-state index in [9.17, 15) is 0 Å². The second kappa shape index (κ2) is 3.26. The molecule has 14 heavy (non-hydrogen) atoms. The number of fused-ring (bicyclic) bond motifs is 1.